The van der Waals surface area contributed by atoms with Crippen LogP contribution >= 0.6 is 0 Å². The number of aliphatic hydroxyl groups excluding tert-OH is 1. The zero-order valence-electron chi connectivity index (χ0n) is 24.8. The number of nitriles is 1. The molecule has 0 unspecified atom stereocenters. The number of aliphatic hydroxyl groups is 1. The summed E-state index contributed by atoms with van der Waals surface area (Å²) in [5.74, 6) is -0.375. The van der Waals surface area contributed by atoms with Crippen LogP contribution in [0.15, 0.2) is 43.0 Å². The molecule has 16 heteroatoms. The number of rotatable bonds is 6. The van der Waals surface area contributed by atoms with Gasteiger partial charge >= 0.3 is 6.18 Å². The molecule has 2 saturated heterocycles. The summed E-state index contributed by atoms with van der Waals surface area (Å²) in [6, 6.07) is 6.97. The molecule has 240 valence electrons. The number of imidazole rings is 1. The molecule has 2 aliphatic rings. The molecule has 0 spiro atoms. The van der Waals surface area contributed by atoms with Gasteiger partial charge < -0.3 is 25.5 Å². The van der Waals surface area contributed by atoms with Crippen molar-refractivity contribution in [2.24, 2.45) is 5.92 Å². The molecule has 13 nitrogen and oxygen atoms in total. The van der Waals surface area contributed by atoms with Crippen LogP contribution in [-0.4, -0.2) is 96.2 Å². The summed E-state index contributed by atoms with van der Waals surface area (Å²) >= 11 is 0. The van der Waals surface area contributed by atoms with E-state index in [0.29, 0.717) is 62.5 Å². The van der Waals surface area contributed by atoms with Gasteiger partial charge in [0.1, 0.15) is 6.54 Å². The Hall–Kier alpha value is -5.01. The van der Waals surface area contributed by atoms with E-state index in [9.17, 15) is 27.9 Å². The van der Waals surface area contributed by atoms with E-state index in [2.05, 4.69) is 25.7 Å². The number of hydrogen-bond donors (Lipinski definition) is 3. The van der Waals surface area contributed by atoms with Crippen molar-refractivity contribution in [1.29, 1.82) is 5.26 Å². The standard InChI is InChI=1S/C30H31F3N10O3/c1-18-14-19(2-3-20(18)28(45)40-10-12-41(13-11-40)29(46)21-4-6-35-16-24(21)44)38-26-27-37-15-23(43(27)9-7-36-26)22-17-42(8-5-34)39-25(22)30(31,32)33/h2-3,7,9,14-15,17,21,24,35,44H,4,6,8,10-13,16H2,1H3,(H,36,38)/t21-,24-/m0/s1. The summed E-state index contributed by atoms with van der Waals surface area (Å²) in [6.07, 6.45) is 0.494. The van der Waals surface area contributed by atoms with E-state index in [1.54, 1.807) is 41.0 Å². The zero-order valence-corrected chi connectivity index (χ0v) is 24.8. The van der Waals surface area contributed by atoms with E-state index in [0.717, 1.165) is 4.68 Å². The van der Waals surface area contributed by atoms with Crippen LogP contribution < -0.4 is 10.6 Å². The molecule has 3 N–H and O–H groups in total. The third-order valence-corrected chi connectivity index (χ3v) is 8.33. The smallest absolute Gasteiger partial charge is 0.391 e. The first-order chi connectivity index (χ1) is 22.0. The molecule has 2 fully saturated rings. The molecule has 5 heterocycles. The fourth-order valence-electron chi connectivity index (χ4n) is 5.96. The molecule has 0 bridgehead atoms. The fourth-order valence-corrected chi connectivity index (χ4v) is 5.96. The van der Waals surface area contributed by atoms with Gasteiger partial charge in [-0.05, 0) is 43.7 Å². The van der Waals surface area contributed by atoms with Crippen LogP contribution in [0, 0.1) is 24.2 Å². The van der Waals surface area contributed by atoms with E-state index >= 15 is 0 Å². The highest BCUT2D eigenvalue weighted by molar-refractivity contribution is 5.96. The largest absolute Gasteiger partial charge is 0.435 e. The molecule has 6 rings (SSSR count). The van der Waals surface area contributed by atoms with E-state index in [1.807, 2.05) is 0 Å². The van der Waals surface area contributed by atoms with Gasteiger partial charge in [0, 0.05) is 62.6 Å². The minimum atomic E-state index is -4.74. The minimum absolute atomic E-state index is 0.0733. The Morgan fingerprint density at radius 3 is 2.63 bits per heavy atom. The average Bonchev–Trinajstić information content (AvgIpc) is 3.66. The lowest BCUT2D eigenvalue weighted by atomic mass is 9.93. The lowest BCUT2D eigenvalue weighted by molar-refractivity contribution is -0.142. The number of nitrogens with zero attached hydrogens (tertiary/aromatic N) is 8. The molecular formula is C30H31F3N10O3. The van der Waals surface area contributed by atoms with Gasteiger partial charge in [-0.3, -0.25) is 18.7 Å². The van der Waals surface area contributed by atoms with Crippen LogP contribution in [0.5, 0.6) is 0 Å². The predicted octanol–water partition coefficient (Wildman–Crippen LogP) is 2.44. The number of aryl methyl sites for hydroxylation is 1. The van der Waals surface area contributed by atoms with E-state index in [1.165, 1.54) is 29.2 Å². The Labute approximate surface area is 261 Å². The first-order valence-corrected chi connectivity index (χ1v) is 14.7. The van der Waals surface area contributed by atoms with Gasteiger partial charge in [-0.2, -0.15) is 23.5 Å². The van der Waals surface area contributed by atoms with Crippen molar-refractivity contribution in [2.45, 2.75) is 32.2 Å². The number of β-amino-alcohol motifs (C(OH)–C–C–N with tert-alkyl or cyclic N) is 1. The van der Waals surface area contributed by atoms with Crippen molar-refractivity contribution >= 4 is 29.0 Å². The summed E-state index contributed by atoms with van der Waals surface area (Å²) in [7, 11) is 0. The second-order valence-corrected chi connectivity index (χ2v) is 11.3. The number of alkyl halides is 3. The summed E-state index contributed by atoms with van der Waals surface area (Å²) in [6.45, 7) is 4.09. The SMILES string of the molecule is Cc1cc(Nc2nccn3c(-c4cn(CC#N)nc4C(F)(F)F)cnc23)ccc1C(=O)N1CCN(C(=O)[C@H]2CCNC[C@@H]2O)CC1. The van der Waals surface area contributed by atoms with Crippen molar-refractivity contribution < 1.29 is 27.9 Å². The molecular weight excluding hydrogens is 605 g/mol. The third kappa shape index (κ3) is 5.98. The van der Waals surface area contributed by atoms with Gasteiger partial charge in [0.15, 0.2) is 17.2 Å². The van der Waals surface area contributed by atoms with Crippen LogP contribution in [0.25, 0.3) is 16.9 Å². The fraction of sp³-hybridized carbons (Fsp3) is 0.400. The van der Waals surface area contributed by atoms with Crippen molar-refractivity contribution in [1.82, 2.24) is 39.3 Å². The topological polar surface area (TPSA) is 157 Å². The van der Waals surface area contributed by atoms with Gasteiger partial charge in [-0.1, -0.05) is 0 Å². The summed E-state index contributed by atoms with van der Waals surface area (Å²) in [4.78, 5) is 38.4. The lowest BCUT2D eigenvalue weighted by Gasteiger charge is -2.38. The van der Waals surface area contributed by atoms with Crippen molar-refractivity contribution in [3.63, 3.8) is 0 Å². The number of carbonyl (C=O) groups excluding carboxylic acids is 2. The maximum Gasteiger partial charge on any atom is 0.435 e. The molecule has 2 atom stereocenters. The van der Waals surface area contributed by atoms with Crippen LogP contribution in [0.2, 0.25) is 0 Å². The Morgan fingerprint density at radius 1 is 1.17 bits per heavy atom. The van der Waals surface area contributed by atoms with Gasteiger partial charge in [-0.15, -0.1) is 0 Å². The lowest BCUT2D eigenvalue weighted by Crippen LogP contribution is -2.55. The highest BCUT2D eigenvalue weighted by atomic mass is 19.4. The number of aromatic nitrogens is 5. The quantitative estimate of drug-likeness (QED) is 0.289. The third-order valence-electron chi connectivity index (χ3n) is 8.33. The van der Waals surface area contributed by atoms with Gasteiger partial charge in [-0.25, -0.2) is 9.97 Å². The van der Waals surface area contributed by atoms with E-state index in [-0.39, 0.29) is 41.1 Å². The first kappa shape index (κ1) is 31.0. The monoisotopic (exact) mass is 636 g/mol. The number of hydrogen-bond acceptors (Lipinski definition) is 9. The Balaban J connectivity index is 1.16. The number of anilines is 2. The van der Waals surface area contributed by atoms with Crippen LogP contribution in [0.3, 0.4) is 0 Å². The second kappa shape index (κ2) is 12.4. The predicted molar refractivity (Wildman–Crippen MR) is 159 cm³/mol. The molecule has 1 aromatic carbocycles. The van der Waals surface area contributed by atoms with Crippen molar-refractivity contribution in [2.75, 3.05) is 44.6 Å². The number of carbonyl (C=O) groups is 2. The van der Waals surface area contributed by atoms with Crippen LogP contribution in [0.4, 0.5) is 24.7 Å². The van der Waals surface area contributed by atoms with Gasteiger partial charge in [0.2, 0.25) is 5.91 Å². The zero-order chi connectivity index (χ0) is 32.6. The Bertz CT molecular complexity index is 1820. The van der Waals surface area contributed by atoms with Crippen LogP contribution in [-0.2, 0) is 17.5 Å². The van der Waals surface area contributed by atoms with E-state index < -0.39 is 23.9 Å². The summed E-state index contributed by atoms with van der Waals surface area (Å²) in [5.41, 5.74) is 0.835. The highest BCUT2D eigenvalue weighted by Gasteiger charge is 2.38. The molecule has 2 amide bonds. The maximum atomic E-state index is 13.8. The molecule has 0 saturated carbocycles. The Kier molecular flexibility index (Phi) is 8.36. The van der Waals surface area contributed by atoms with Gasteiger partial charge in [0.05, 0.1) is 35.5 Å². The minimum Gasteiger partial charge on any atom is -0.391 e. The number of halogens is 3. The maximum absolute atomic E-state index is 13.8. The first-order valence-electron chi connectivity index (χ1n) is 14.7. The Morgan fingerprint density at radius 2 is 1.93 bits per heavy atom. The molecule has 2 aliphatic heterocycles. The van der Waals surface area contributed by atoms with Gasteiger partial charge in [0.25, 0.3) is 5.91 Å². The van der Waals surface area contributed by atoms with Crippen molar-refractivity contribution in [3.8, 4) is 17.3 Å². The van der Waals surface area contributed by atoms with E-state index in [4.69, 9.17) is 5.26 Å². The molecule has 3 aromatic heterocycles. The normalized spacial score (nSPS) is 18.9. The molecule has 4 aromatic rings. The molecule has 0 aliphatic carbocycles. The number of nitrogens with one attached hydrogen (secondary N) is 2. The number of fused-ring (bicyclic) bond motifs is 1. The number of amides is 2. The summed E-state index contributed by atoms with van der Waals surface area (Å²) < 4.78 is 43.7. The highest BCUT2D eigenvalue weighted by Crippen LogP contribution is 2.37. The number of piperidine rings is 1. The average molecular weight is 637 g/mol. The molecule has 0 radical (unpaired) electrons. The molecule has 46 heavy (non-hydrogen) atoms. The second-order valence-electron chi connectivity index (χ2n) is 11.3. The van der Waals surface area contributed by atoms with Crippen molar-refractivity contribution in [3.05, 3.63) is 59.8 Å². The van der Waals surface area contributed by atoms with Crippen LogP contribution in [0.1, 0.15) is 28.0 Å². The number of benzene rings is 1. The summed E-state index contributed by atoms with van der Waals surface area (Å²) in [5, 5.41) is 29.0. The number of piperazine rings is 1.